The van der Waals surface area contributed by atoms with Gasteiger partial charge in [0.15, 0.2) is 0 Å². The summed E-state index contributed by atoms with van der Waals surface area (Å²) < 4.78 is 199. The third-order valence-corrected chi connectivity index (χ3v) is 30.1. The minimum absolute atomic E-state index is 0.0307. The number of ether oxygens (including phenoxy) is 6. The van der Waals surface area contributed by atoms with Crippen LogP contribution in [0.3, 0.4) is 0 Å². The van der Waals surface area contributed by atoms with Gasteiger partial charge in [-0.2, -0.15) is 0 Å². The van der Waals surface area contributed by atoms with Crippen LogP contribution in [0.1, 0.15) is 122 Å². The van der Waals surface area contributed by atoms with Crippen molar-refractivity contribution in [2.75, 3.05) is 70.9 Å². The smallest absolute Gasteiger partial charge is 0.395 e. The molecule has 6 aromatic heterocycles. The Kier molecular flexibility index (Phi) is 35.4. The number of aromatic nitrogens is 12. The van der Waals surface area contributed by atoms with E-state index in [1.54, 1.807) is 0 Å². The van der Waals surface area contributed by atoms with Crippen LogP contribution in [0.25, 0.3) is 10.4 Å². The molecular formula is C69H93N15O43P6S2. The van der Waals surface area contributed by atoms with Crippen LogP contribution in [-0.2, 0) is 115 Å². The summed E-state index contributed by atoms with van der Waals surface area (Å²) in [5, 5.41) is 12.7. The molecule has 0 aliphatic carbocycles. The largest absolute Gasteiger partial charge is 0.475 e. The molecule has 0 amide bonds. The van der Waals surface area contributed by atoms with Gasteiger partial charge in [0.05, 0.1) is 65.5 Å². The first kappa shape index (κ1) is 106. The van der Waals surface area contributed by atoms with Crippen LogP contribution in [-0.4, -0.2) is 231 Å². The molecule has 12 rings (SSSR count). The Morgan fingerprint density at radius 1 is 0.385 bits per heavy atom. The molecule has 6 aliphatic rings. The number of hydrogen-bond acceptors (Lipinski definition) is 41. The highest BCUT2D eigenvalue weighted by Gasteiger charge is 2.52. The zero-order valence-electron chi connectivity index (χ0n) is 71.7. The number of aliphatic hydroxyl groups is 1. The Labute approximate surface area is 764 Å². The minimum Gasteiger partial charge on any atom is -0.395 e. The van der Waals surface area contributed by atoms with Crippen LogP contribution >= 0.6 is 68.5 Å². The van der Waals surface area contributed by atoms with Crippen molar-refractivity contribution >= 4 is 68.5 Å². The Morgan fingerprint density at radius 3 is 0.859 bits per heavy atom. The molecule has 6 aliphatic heterocycles. The van der Waals surface area contributed by atoms with E-state index in [1.807, 2.05) is 9.97 Å². The number of aliphatic hydroxyl groups excluding tert-OH is 1. The SMILES string of the molecule is C#CCCCOP(=O)(OCCSSCCO)O[C@H]1C[C@H](n2cc(C)c(=O)[nH]c2=O)O[C@@H]1COP(=O)(O)O[C@H]1C[C@H](n2cc(C)c(=O)[nH]c2=O)O[C@@H]1COP(=O)(O)O[C@H]1C[C@H](n2cc(C)c(=O)[nH]c2=O)O[C@@H]1COP(=O)(O)O[C@H]1C[C@H](n2cc(C)c(=O)[nH]c2=O)O[C@@H]1COP(=O)(O)O[C@H]1C[C@H](n2cc(C)c(=O)[nH]c2=O)O[C@@H]1COP(=O)(O)O[C@H]1C[C@H](n2cc(C)c(=O)[nH]c2=O)O[C@@H]1CN=[N+]=[N-]. The van der Waals surface area contributed by atoms with E-state index in [-0.39, 0.29) is 71.8 Å². The number of phosphoric acid groups is 6. The maximum absolute atomic E-state index is 14.5. The molecule has 0 saturated carbocycles. The molecule has 135 heavy (non-hydrogen) atoms. The van der Waals surface area contributed by atoms with E-state index in [0.29, 0.717) is 5.75 Å². The third-order valence-electron chi connectivity index (χ3n) is 21.2. The highest BCUT2D eigenvalue weighted by atomic mass is 33.1. The normalized spacial score (nSPS) is 27.9. The first-order chi connectivity index (χ1) is 63.6. The maximum atomic E-state index is 14.5. The highest BCUT2D eigenvalue weighted by molar-refractivity contribution is 8.76. The number of hydrogen-bond donors (Lipinski definition) is 12. The van der Waals surface area contributed by atoms with E-state index >= 15 is 0 Å². The first-order valence-electron chi connectivity index (χ1n) is 40.6. The third kappa shape index (κ3) is 27.8. The van der Waals surface area contributed by atoms with Gasteiger partial charge in [-0.05, 0) is 53.5 Å². The van der Waals surface area contributed by atoms with Crippen molar-refractivity contribution in [1.82, 2.24) is 57.3 Å². The topological polar surface area (TPSA) is 777 Å². The molecule has 6 aromatic rings. The summed E-state index contributed by atoms with van der Waals surface area (Å²) in [6.45, 7) is 0.869. The number of phosphoric ester groups is 6. The molecule has 0 bridgehead atoms. The molecule has 58 nitrogen and oxygen atoms in total. The van der Waals surface area contributed by atoms with Crippen molar-refractivity contribution in [3.05, 3.63) is 206 Å². The van der Waals surface area contributed by atoms with Crippen molar-refractivity contribution in [3.63, 3.8) is 0 Å². The van der Waals surface area contributed by atoms with Gasteiger partial charge >= 0.3 is 81.1 Å². The van der Waals surface area contributed by atoms with E-state index < -0.39 is 303 Å². The second kappa shape index (κ2) is 45.1. The van der Waals surface area contributed by atoms with Gasteiger partial charge < -0.3 is 58.0 Å². The summed E-state index contributed by atoms with van der Waals surface area (Å²) in [4.78, 5) is 227. The van der Waals surface area contributed by atoms with Crippen LogP contribution in [0.4, 0.5) is 0 Å². The van der Waals surface area contributed by atoms with E-state index in [0.717, 1.165) is 64.6 Å². The van der Waals surface area contributed by atoms with Gasteiger partial charge in [0.2, 0.25) is 0 Å². The average molecular weight is 2070 g/mol. The molecule has 6 unspecified atom stereocenters. The zero-order chi connectivity index (χ0) is 98.1. The van der Waals surface area contributed by atoms with Gasteiger partial charge in [0.25, 0.3) is 33.4 Å². The number of aromatic amines is 6. The Bertz CT molecular complexity index is 6520. The number of rotatable bonds is 46. The first-order valence-corrected chi connectivity index (χ1v) is 52.0. The van der Waals surface area contributed by atoms with Crippen LogP contribution in [0.5, 0.6) is 0 Å². The lowest BCUT2D eigenvalue weighted by molar-refractivity contribution is -0.0653. The number of terminal acetylenes is 1. The van der Waals surface area contributed by atoms with E-state index in [4.69, 9.17) is 99.2 Å². The average Bonchev–Trinajstić information content (AvgIpc) is 1.63. The summed E-state index contributed by atoms with van der Waals surface area (Å²) in [6.07, 6.45) is -21.4. The van der Waals surface area contributed by atoms with E-state index in [1.165, 1.54) is 63.1 Å². The molecule has 12 heterocycles. The molecule has 66 heteroatoms. The van der Waals surface area contributed by atoms with Crippen molar-refractivity contribution < 1.29 is 144 Å². The molecule has 0 aromatic carbocycles. The van der Waals surface area contributed by atoms with Crippen LogP contribution < -0.4 is 67.5 Å². The molecule has 744 valence electrons. The van der Waals surface area contributed by atoms with E-state index in [2.05, 4.69) is 35.9 Å². The highest BCUT2D eigenvalue weighted by Crippen LogP contribution is 2.58. The number of azide groups is 1. The molecule has 12 N–H and O–H groups in total. The van der Waals surface area contributed by atoms with Gasteiger partial charge in [0, 0.05) is 132 Å². The molecule has 24 atom stereocenters. The zero-order valence-corrected chi connectivity index (χ0v) is 78.7. The van der Waals surface area contributed by atoms with Crippen LogP contribution in [0, 0.1) is 53.9 Å². The standard InChI is InChI=1S/C69H93N15O43P6S2/c1-8-9-10-12-109-133(108,110-13-15-135-134-14-11-85)127-45-21-57(84-28-39(7)63(91)77-69(84)97)121-51(45)33-115-132(106,107)126-44-20-56(83-27-38(6)62(90)76-68(83)96)120-50(44)32-114-131(104,105)125-43-19-55(82-26-37(5)61(89)75-67(82)95)119-49(43)31-113-130(102,103)124-42-18-54(81-25-36(4)60(88)74-66(81)94)118-48(42)30-112-129(100,101)123-41-17-53(80-24-35(3)59(87)73-65(80)93)117-47(41)29-111-128(98,99)122-40-16-52(116-46(40)22-71-78-70)79-23-34(2)58(86)72-64(79)92/h1,23-28,40-57,85H,9-22,29-33H2,2-7H3,(H,98,99)(H,100,101)(H,102,103)(H,104,105)(H,106,107)(H,72,86,92)(H,73,87,93)(H,74,88,94)(H,75,89,95)(H,76,90,96)(H,77,91,97)/t40-,41-,42-,43-,44-,45-,46+,47+,48+,49+,50+,51+,52+,53+,54+,55+,56+,57+,133?/m0/s1. The summed E-state index contributed by atoms with van der Waals surface area (Å²) in [5.41, 5.74) is -2.36. The monoisotopic (exact) mass is 2070 g/mol. The van der Waals surface area contributed by atoms with Gasteiger partial charge in [-0.3, -0.25) is 145 Å². The fraction of sp³-hybridized carbons (Fsp3) is 0.623. The fourth-order valence-electron chi connectivity index (χ4n) is 14.5. The van der Waals surface area contributed by atoms with Crippen molar-refractivity contribution in [2.24, 2.45) is 5.11 Å². The van der Waals surface area contributed by atoms with Crippen molar-refractivity contribution in [3.8, 4) is 12.3 Å². The lowest BCUT2D eigenvalue weighted by Gasteiger charge is -2.26. The lowest BCUT2D eigenvalue weighted by atomic mass is 10.2. The number of aryl methyl sites for hydroxylation is 6. The quantitative estimate of drug-likeness (QED) is 0.00482. The maximum Gasteiger partial charge on any atom is 0.475 e. The van der Waals surface area contributed by atoms with Gasteiger partial charge in [0.1, 0.15) is 105 Å². The second-order valence-electron chi connectivity index (χ2n) is 30.9. The summed E-state index contributed by atoms with van der Waals surface area (Å²) in [5.74, 6) is 2.94. The minimum atomic E-state index is -5.77. The van der Waals surface area contributed by atoms with Crippen LogP contribution in [0.15, 0.2) is 99.8 Å². The van der Waals surface area contributed by atoms with Crippen LogP contribution in [0.2, 0.25) is 0 Å². The van der Waals surface area contributed by atoms with Crippen molar-refractivity contribution in [1.29, 1.82) is 0 Å². The number of nitrogens with one attached hydrogen (secondary N) is 6. The number of unbranched alkanes of at least 4 members (excludes halogenated alkanes) is 1. The molecule has 0 spiro atoms. The van der Waals surface area contributed by atoms with Crippen molar-refractivity contribution in [2.45, 2.75) is 204 Å². The lowest BCUT2D eigenvalue weighted by Crippen LogP contribution is -2.33. The number of H-pyrrole nitrogens is 6. The predicted octanol–water partition coefficient (Wildman–Crippen LogP) is 0.998. The molecule has 0 radical (unpaired) electrons. The second-order valence-corrected chi connectivity index (χ2v) is 42.3. The Hall–Kier alpha value is -7.97. The predicted molar refractivity (Wildman–Crippen MR) is 459 cm³/mol. The van der Waals surface area contributed by atoms with Gasteiger partial charge in [-0.25, -0.2) is 56.2 Å². The van der Waals surface area contributed by atoms with Gasteiger partial charge in [-0.15, -0.1) is 12.3 Å². The van der Waals surface area contributed by atoms with Gasteiger partial charge in [-0.1, -0.05) is 26.7 Å². The number of nitrogens with zero attached hydrogens (tertiary/aromatic N) is 9. The fourth-order valence-corrected chi connectivity index (χ4v) is 22.5. The summed E-state index contributed by atoms with van der Waals surface area (Å²) in [6, 6.07) is 0. The van der Waals surface area contributed by atoms with E-state index in [9.17, 15) is 114 Å². The molecule has 6 saturated heterocycles. The summed E-state index contributed by atoms with van der Waals surface area (Å²) >= 11 is 0. The Morgan fingerprint density at radius 2 is 0.615 bits per heavy atom. The summed E-state index contributed by atoms with van der Waals surface area (Å²) in [7, 11) is -30.4. The Balaban J connectivity index is 0.752. The molecular weight excluding hydrogens is 1980 g/mol. The molecule has 6 fully saturated rings.